The monoisotopic (exact) mass is 266 g/mol. The minimum absolute atomic E-state index is 0.144. The number of carbonyl (C=O) groups excluding carboxylic acids is 1. The summed E-state index contributed by atoms with van der Waals surface area (Å²) in [6, 6.07) is 6.86. The van der Waals surface area contributed by atoms with Gasteiger partial charge in [0, 0.05) is 5.56 Å². The van der Waals surface area contributed by atoms with E-state index in [1.54, 1.807) is 6.92 Å². The maximum Gasteiger partial charge on any atom is 0.151 e. The van der Waals surface area contributed by atoms with Gasteiger partial charge in [0.05, 0.1) is 10.6 Å². The third-order valence-electron chi connectivity index (χ3n) is 2.70. The molecular formula is C14H9ClF2O. The highest BCUT2D eigenvalue weighted by molar-refractivity contribution is 6.33. The molecule has 18 heavy (non-hydrogen) atoms. The molecule has 0 saturated heterocycles. The first-order valence-electron chi connectivity index (χ1n) is 5.24. The number of hydrogen-bond donors (Lipinski definition) is 0. The van der Waals surface area contributed by atoms with Crippen LogP contribution in [0.25, 0.3) is 11.1 Å². The van der Waals surface area contributed by atoms with E-state index in [1.807, 2.05) is 0 Å². The van der Waals surface area contributed by atoms with Gasteiger partial charge >= 0.3 is 0 Å². The van der Waals surface area contributed by atoms with E-state index in [9.17, 15) is 13.6 Å². The second-order valence-electron chi connectivity index (χ2n) is 3.91. The first-order chi connectivity index (χ1) is 8.54. The Morgan fingerprint density at radius 3 is 2.56 bits per heavy atom. The maximum atomic E-state index is 13.9. The SMILES string of the molecule is Cc1ccc(F)c(-c2ccc(Cl)c(C=O)c2)c1F. The predicted molar refractivity (Wildman–Crippen MR) is 66.9 cm³/mol. The highest BCUT2D eigenvalue weighted by Crippen LogP contribution is 2.30. The fraction of sp³-hybridized carbons (Fsp3) is 0.0714. The van der Waals surface area contributed by atoms with Crippen LogP contribution in [0.5, 0.6) is 0 Å². The van der Waals surface area contributed by atoms with Crippen molar-refractivity contribution in [1.29, 1.82) is 0 Å². The number of hydrogen-bond acceptors (Lipinski definition) is 1. The van der Waals surface area contributed by atoms with Crippen molar-refractivity contribution in [2.24, 2.45) is 0 Å². The lowest BCUT2D eigenvalue weighted by atomic mass is 10.00. The van der Waals surface area contributed by atoms with Crippen molar-refractivity contribution in [3.63, 3.8) is 0 Å². The Bertz CT molecular complexity index is 623. The second kappa shape index (κ2) is 4.86. The topological polar surface area (TPSA) is 17.1 Å². The number of rotatable bonds is 2. The van der Waals surface area contributed by atoms with Crippen LogP contribution in [0, 0.1) is 18.6 Å². The highest BCUT2D eigenvalue weighted by atomic mass is 35.5. The molecule has 0 atom stereocenters. The lowest BCUT2D eigenvalue weighted by Crippen LogP contribution is -1.94. The number of aldehydes is 1. The van der Waals surface area contributed by atoms with Crippen molar-refractivity contribution < 1.29 is 13.6 Å². The fourth-order valence-electron chi connectivity index (χ4n) is 1.71. The Morgan fingerprint density at radius 2 is 1.89 bits per heavy atom. The van der Waals surface area contributed by atoms with Crippen LogP contribution >= 0.6 is 11.6 Å². The molecule has 0 aromatic heterocycles. The Kier molecular flexibility index (Phi) is 3.43. The molecule has 2 aromatic carbocycles. The third kappa shape index (κ3) is 2.14. The molecule has 1 nitrogen and oxygen atoms in total. The molecule has 0 aliphatic carbocycles. The van der Waals surface area contributed by atoms with E-state index < -0.39 is 11.6 Å². The zero-order valence-corrected chi connectivity index (χ0v) is 10.3. The minimum Gasteiger partial charge on any atom is -0.298 e. The molecule has 0 bridgehead atoms. The second-order valence-corrected chi connectivity index (χ2v) is 4.31. The standard InChI is InChI=1S/C14H9ClF2O/c1-8-2-5-12(16)13(14(8)17)9-3-4-11(15)10(6-9)7-18/h2-7H,1H3. The zero-order valence-electron chi connectivity index (χ0n) is 9.51. The van der Waals surface area contributed by atoms with Crippen LogP contribution in [0.4, 0.5) is 8.78 Å². The summed E-state index contributed by atoms with van der Waals surface area (Å²) < 4.78 is 27.6. The molecule has 0 amide bonds. The van der Waals surface area contributed by atoms with E-state index in [-0.39, 0.29) is 16.1 Å². The van der Waals surface area contributed by atoms with E-state index in [4.69, 9.17) is 11.6 Å². The van der Waals surface area contributed by atoms with Crippen LogP contribution in [0.3, 0.4) is 0 Å². The van der Waals surface area contributed by atoms with Crippen molar-refractivity contribution in [1.82, 2.24) is 0 Å². The first-order valence-corrected chi connectivity index (χ1v) is 5.62. The summed E-state index contributed by atoms with van der Waals surface area (Å²) >= 11 is 5.78. The van der Waals surface area contributed by atoms with Gasteiger partial charge in [-0.3, -0.25) is 4.79 Å². The van der Waals surface area contributed by atoms with Gasteiger partial charge in [-0.1, -0.05) is 23.7 Å². The van der Waals surface area contributed by atoms with Crippen LogP contribution in [-0.4, -0.2) is 6.29 Å². The fourth-order valence-corrected chi connectivity index (χ4v) is 1.87. The first kappa shape index (κ1) is 12.7. The van der Waals surface area contributed by atoms with Crippen molar-refractivity contribution in [2.45, 2.75) is 6.92 Å². The van der Waals surface area contributed by atoms with Crippen LogP contribution in [0.1, 0.15) is 15.9 Å². The molecule has 0 radical (unpaired) electrons. The lowest BCUT2D eigenvalue weighted by molar-refractivity contribution is 0.112. The molecule has 92 valence electrons. The summed E-state index contributed by atoms with van der Waals surface area (Å²) in [5.74, 6) is -1.30. The van der Waals surface area contributed by atoms with E-state index in [0.717, 1.165) is 0 Å². The minimum atomic E-state index is -0.669. The van der Waals surface area contributed by atoms with Crippen LogP contribution < -0.4 is 0 Å². The van der Waals surface area contributed by atoms with Gasteiger partial charge in [-0.05, 0) is 36.2 Å². The molecule has 0 unspecified atom stereocenters. The maximum absolute atomic E-state index is 13.9. The Morgan fingerprint density at radius 1 is 1.17 bits per heavy atom. The van der Waals surface area contributed by atoms with Crippen molar-refractivity contribution in [3.05, 3.63) is 58.1 Å². The average Bonchev–Trinajstić information content (AvgIpc) is 2.36. The summed E-state index contributed by atoms with van der Waals surface area (Å²) in [5, 5.41) is 0.252. The molecule has 0 aliphatic heterocycles. The Labute approximate surface area is 108 Å². The summed E-state index contributed by atoms with van der Waals surface area (Å²) in [7, 11) is 0. The predicted octanol–water partition coefficient (Wildman–Crippen LogP) is 4.41. The number of benzene rings is 2. The van der Waals surface area contributed by atoms with Crippen molar-refractivity contribution in [2.75, 3.05) is 0 Å². The molecule has 0 aliphatic rings. The summed E-state index contributed by atoms with van der Waals surface area (Å²) in [4.78, 5) is 10.8. The Balaban J connectivity index is 2.69. The van der Waals surface area contributed by atoms with Gasteiger partial charge in [0.2, 0.25) is 0 Å². The average molecular weight is 267 g/mol. The number of carbonyl (C=O) groups is 1. The number of halogens is 3. The van der Waals surface area contributed by atoms with Gasteiger partial charge in [0.25, 0.3) is 0 Å². The van der Waals surface area contributed by atoms with E-state index in [2.05, 4.69) is 0 Å². The quantitative estimate of drug-likeness (QED) is 0.736. The number of aryl methyl sites for hydroxylation is 1. The summed E-state index contributed by atoms with van der Waals surface area (Å²) in [6.45, 7) is 1.55. The van der Waals surface area contributed by atoms with Gasteiger partial charge in [-0.2, -0.15) is 0 Å². The van der Waals surface area contributed by atoms with Crippen molar-refractivity contribution in [3.8, 4) is 11.1 Å². The van der Waals surface area contributed by atoms with Gasteiger partial charge in [-0.25, -0.2) is 8.78 Å². The largest absolute Gasteiger partial charge is 0.298 e. The molecule has 0 saturated carbocycles. The lowest BCUT2D eigenvalue weighted by Gasteiger charge is -2.08. The highest BCUT2D eigenvalue weighted by Gasteiger charge is 2.14. The van der Waals surface area contributed by atoms with Gasteiger partial charge < -0.3 is 0 Å². The van der Waals surface area contributed by atoms with Gasteiger partial charge in [-0.15, -0.1) is 0 Å². The molecule has 2 rings (SSSR count). The van der Waals surface area contributed by atoms with Crippen LogP contribution in [-0.2, 0) is 0 Å². The molecule has 0 N–H and O–H groups in total. The smallest absolute Gasteiger partial charge is 0.151 e. The van der Waals surface area contributed by atoms with Gasteiger partial charge in [0.15, 0.2) is 6.29 Å². The third-order valence-corrected chi connectivity index (χ3v) is 3.04. The molecule has 4 heteroatoms. The van der Waals surface area contributed by atoms with Gasteiger partial charge in [0.1, 0.15) is 11.6 Å². The normalized spacial score (nSPS) is 10.4. The summed E-state index contributed by atoms with van der Waals surface area (Å²) in [5.41, 5.74) is 0.693. The van der Waals surface area contributed by atoms with E-state index in [1.165, 1.54) is 30.3 Å². The van der Waals surface area contributed by atoms with Crippen molar-refractivity contribution >= 4 is 17.9 Å². The summed E-state index contributed by atoms with van der Waals surface area (Å²) in [6.07, 6.45) is 0.553. The zero-order chi connectivity index (χ0) is 13.3. The van der Waals surface area contributed by atoms with E-state index in [0.29, 0.717) is 17.4 Å². The van der Waals surface area contributed by atoms with Crippen LogP contribution in [0.2, 0.25) is 5.02 Å². The molecule has 2 aromatic rings. The molecular weight excluding hydrogens is 258 g/mol. The molecule has 0 fully saturated rings. The van der Waals surface area contributed by atoms with Crippen LogP contribution in [0.15, 0.2) is 30.3 Å². The molecule has 0 heterocycles. The van der Waals surface area contributed by atoms with E-state index >= 15 is 0 Å². The molecule has 0 spiro atoms. The Hall–Kier alpha value is -1.74.